The molecule has 0 aliphatic heterocycles. The van der Waals surface area contributed by atoms with E-state index in [-0.39, 0.29) is 4.90 Å². The van der Waals surface area contributed by atoms with Crippen molar-refractivity contribution in [2.24, 2.45) is 5.73 Å². The van der Waals surface area contributed by atoms with Gasteiger partial charge in [-0.05, 0) is 24.3 Å². The largest absolute Gasteiger partial charge is 0.325 e. The fraction of sp³-hybridized carbons (Fsp3) is 0.333. The summed E-state index contributed by atoms with van der Waals surface area (Å²) in [6.07, 6.45) is 0. The Morgan fingerprint density at radius 1 is 1.29 bits per heavy atom. The van der Waals surface area contributed by atoms with E-state index in [1.54, 1.807) is 0 Å². The van der Waals surface area contributed by atoms with Crippen LogP contribution >= 0.6 is 15.9 Å². The molecule has 96 valence electrons. The van der Waals surface area contributed by atoms with Gasteiger partial charge < -0.3 is 5.73 Å². The standard InChI is InChI=1S/C9H11BrF2N2O2S/c10-7-1-3-8(4-2-7)17(15,16)14-6-9(11,12)5-13/h1-4,14H,5-6,13H2. The molecular weight excluding hydrogens is 318 g/mol. The van der Waals surface area contributed by atoms with E-state index in [9.17, 15) is 17.2 Å². The molecule has 1 rings (SSSR count). The molecule has 0 saturated heterocycles. The molecule has 0 spiro atoms. The molecule has 0 heterocycles. The summed E-state index contributed by atoms with van der Waals surface area (Å²) in [5.41, 5.74) is 4.80. The topological polar surface area (TPSA) is 72.2 Å². The summed E-state index contributed by atoms with van der Waals surface area (Å²) in [6.45, 7) is -1.92. The average Bonchev–Trinajstić information content (AvgIpc) is 2.27. The van der Waals surface area contributed by atoms with Gasteiger partial charge in [-0.15, -0.1) is 0 Å². The van der Waals surface area contributed by atoms with Crippen molar-refractivity contribution in [1.29, 1.82) is 0 Å². The van der Waals surface area contributed by atoms with Crippen molar-refractivity contribution in [2.45, 2.75) is 10.8 Å². The predicted octanol–water partition coefficient (Wildman–Crippen LogP) is 1.32. The molecule has 0 atom stereocenters. The fourth-order valence-electron chi connectivity index (χ4n) is 0.970. The van der Waals surface area contributed by atoms with E-state index in [4.69, 9.17) is 5.73 Å². The number of nitrogens with one attached hydrogen (secondary N) is 1. The van der Waals surface area contributed by atoms with E-state index in [0.29, 0.717) is 4.47 Å². The molecule has 0 bridgehead atoms. The summed E-state index contributed by atoms with van der Waals surface area (Å²) in [7, 11) is -3.93. The second kappa shape index (κ2) is 5.38. The van der Waals surface area contributed by atoms with Gasteiger partial charge in [-0.1, -0.05) is 15.9 Å². The van der Waals surface area contributed by atoms with Crippen LogP contribution in [0.25, 0.3) is 0 Å². The second-order valence-corrected chi connectivity index (χ2v) is 6.02. The number of hydrogen-bond acceptors (Lipinski definition) is 3. The Labute approximate surface area is 106 Å². The number of hydrogen-bond donors (Lipinski definition) is 2. The highest BCUT2D eigenvalue weighted by Crippen LogP contribution is 2.16. The van der Waals surface area contributed by atoms with Gasteiger partial charge in [0.1, 0.15) is 0 Å². The molecule has 17 heavy (non-hydrogen) atoms. The summed E-state index contributed by atoms with van der Waals surface area (Å²) >= 11 is 3.14. The molecule has 0 fully saturated rings. The molecule has 8 heteroatoms. The summed E-state index contributed by atoms with van der Waals surface area (Å²) < 4.78 is 51.3. The summed E-state index contributed by atoms with van der Waals surface area (Å²) in [4.78, 5) is -0.0754. The fourth-order valence-corrected chi connectivity index (χ4v) is 2.30. The van der Waals surface area contributed by atoms with Crippen molar-refractivity contribution in [3.63, 3.8) is 0 Å². The van der Waals surface area contributed by atoms with Crippen LogP contribution in [0.2, 0.25) is 0 Å². The summed E-state index contributed by atoms with van der Waals surface area (Å²) in [5.74, 6) is -3.25. The third kappa shape index (κ3) is 4.30. The zero-order chi connectivity index (χ0) is 13.1. The first kappa shape index (κ1) is 14.5. The first-order valence-corrected chi connectivity index (χ1v) is 6.87. The van der Waals surface area contributed by atoms with Crippen LogP contribution in [0.5, 0.6) is 0 Å². The Balaban J connectivity index is 2.79. The number of rotatable bonds is 5. The molecular formula is C9H11BrF2N2O2S. The lowest BCUT2D eigenvalue weighted by Gasteiger charge is -2.14. The number of halogens is 3. The minimum atomic E-state index is -3.93. The van der Waals surface area contributed by atoms with Crippen LogP contribution in [-0.4, -0.2) is 27.4 Å². The quantitative estimate of drug-likeness (QED) is 0.856. The molecule has 0 saturated carbocycles. The van der Waals surface area contributed by atoms with E-state index >= 15 is 0 Å². The molecule has 0 aliphatic carbocycles. The van der Waals surface area contributed by atoms with Crippen LogP contribution in [-0.2, 0) is 10.0 Å². The van der Waals surface area contributed by atoms with Gasteiger partial charge in [0, 0.05) is 4.47 Å². The minimum Gasteiger partial charge on any atom is -0.325 e. The predicted molar refractivity (Wildman–Crippen MR) is 63.3 cm³/mol. The van der Waals surface area contributed by atoms with Crippen LogP contribution in [0.3, 0.4) is 0 Å². The van der Waals surface area contributed by atoms with Gasteiger partial charge in [-0.2, -0.15) is 0 Å². The zero-order valence-corrected chi connectivity index (χ0v) is 11.1. The minimum absolute atomic E-state index is 0.0754. The smallest absolute Gasteiger partial charge is 0.273 e. The lowest BCUT2D eigenvalue weighted by atomic mass is 10.3. The zero-order valence-electron chi connectivity index (χ0n) is 8.66. The SMILES string of the molecule is NCC(F)(F)CNS(=O)(=O)c1ccc(Br)cc1. The Morgan fingerprint density at radius 2 is 1.82 bits per heavy atom. The van der Waals surface area contributed by atoms with Crippen LogP contribution < -0.4 is 10.5 Å². The van der Waals surface area contributed by atoms with Crippen molar-refractivity contribution in [3.05, 3.63) is 28.7 Å². The maximum atomic E-state index is 12.8. The van der Waals surface area contributed by atoms with Gasteiger partial charge in [-0.25, -0.2) is 21.9 Å². The summed E-state index contributed by atoms with van der Waals surface area (Å²) in [6, 6.07) is 5.64. The van der Waals surface area contributed by atoms with Gasteiger partial charge >= 0.3 is 0 Å². The lowest BCUT2D eigenvalue weighted by Crippen LogP contribution is -2.41. The molecule has 0 aromatic heterocycles. The summed E-state index contributed by atoms with van der Waals surface area (Å²) in [5, 5.41) is 0. The molecule has 3 N–H and O–H groups in total. The number of benzene rings is 1. The number of sulfonamides is 1. The van der Waals surface area contributed by atoms with E-state index in [0.717, 1.165) is 0 Å². The average molecular weight is 329 g/mol. The monoisotopic (exact) mass is 328 g/mol. The highest BCUT2D eigenvalue weighted by atomic mass is 79.9. The van der Waals surface area contributed by atoms with Gasteiger partial charge in [-0.3, -0.25) is 0 Å². The Morgan fingerprint density at radius 3 is 2.29 bits per heavy atom. The maximum absolute atomic E-state index is 12.8. The van der Waals surface area contributed by atoms with Gasteiger partial charge in [0.25, 0.3) is 5.92 Å². The molecule has 1 aromatic rings. The molecule has 0 amide bonds. The second-order valence-electron chi connectivity index (χ2n) is 3.34. The van der Waals surface area contributed by atoms with Crippen LogP contribution in [0.15, 0.2) is 33.6 Å². The van der Waals surface area contributed by atoms with Gasteiger partial charge in [0.2, 0.25) is 10.0 Å². The molecule has 0 unspecified atom stereocenters. The van der Waals surface area contributed by atoms with Crippen molar-refractivity contribution >= 4 is 26.0 Å². The van der Waals surface area contributed by atoms with Gasteiger partial charge in [0.15, 0.2) is 0 Å². The van der Waals surface area contributed by atoms with E-state index in [1.165, 1.54) is 24.3 Å². The van der Waals surface area contributed by atoms with E-state index in [2.05, 4.69) is 15.9 Å². The Hall–Kier alpha value is -0.570. The van der Waals surface area contributed by atoms with Crippen LogP contribution in [0.1, 0.15) is 0 Å². The van der Waals surface area contributed by atoms with Crippen molar-refractivity contribution in [1.82, 2.24) is 4.72 Å². The molecule has 1 aromatic carbocycles. The Kier molecular flexibility index (Phi) is 4.59. The third-order valence-electron chi connectivity index (χ3n) is 1.94. The van der Waals surface area contributed by atoms with Crippen LogP contribution in [0, 0.1) is 0 Å². The van der Waals surface area contributed by atoms with E-state index < -0.39 is 29.0 Å². The number of nitrogens with two attached hydrogens (primary N) is 1. The highest BCUT2D eigenvalue weighted by Gasteiger charge is 2.29. The highest BCUT2D eigenvalue weighted by molar-refractivity contribution is 9.10. The third-order valence-corrected chi connectivity index (χ3v) is 3.89. The van der Waals surface area contributed by atoms with Crippen molar-refractivity contribution in [2.75, 3.05) is 13.1 Å². The van der Waals surface area contributed by atoms with E-state index in [1.807, 2.05) is 4.72 Å². The van der Waals surface area contributed by atoms with Gasteiger partial charge in [0.05, 0.1) is 18.0 Å². The molecule has 0 radical (unpaired) electrons. The first-order chi connectivity index (χ1) is 7.77. The van der Waals surface area contributed by atoms with Crippen molar-refractivity contribution in [3.8, 4) is 0 Å². The normalized spacial score (nSPS) is 12.7. The lowest BCUT2D eigenvalue weighted by molar-refractivity contribution is 0.0170. The maximum Gasteiger partial charge on any atom is 0.273 e. The molecule has 0 aliphatic rings. The van der Waals surface area contributed by atoms with Crippen LogP contribution in [0.4, 0.5) is 8.78 Å². The Bertz CT molecular complexity index is 476. The first-order valence-electron chi connectivity index (χ1n) is 4.60. The number of alkyl halides is 2. The van der Waals surface area contributed by atoms with Crippen molar-refractivity contribution < 1.29 is 17.2 Å². The molecule has 4 nitrogen and oxygen atoms in total.